The summed E-state index contributed by atoms with van der Waals surface area (Å²) in [6.45, 7) is 0.569. The molecule has 0 spiro atoms. The molecule has 0 aliphatic rings. The lowest BCUT2D eigenvalue weighted by molar-refractivity contribution is 1.07. The summed E-state index contributed by atoms with van der Waals surface area (Å²) in [6, 6.07) is 10.3. The van der Waals surface area contributed by atoms with Crippen LogP contribution < -0.4 is 5.73 Å². The minimum atomic E-state index is 0.569. The largest absolute Gasteiger partial charge is 0.326 e. The normalized spacial score (nSPS) is 10.9. The zero-order valence-corrected chi connectivity index (χ0v) is 9.22. The first kappa shape index (κ1) is 9.99. The molecule has 4 nitrogen and oxygen atoms in total. The Morgan fingerprint density at radius 2 is 1.88 bits per heavy atom. The Balaban J connectivity index is 2.06. The van der Waals surface area contributed by atoms with Crippen molar-refractivity contribution >= 4 is 11.0 Å². The van der Waals surface area contributed by atoms with E-state index in [1.54, 1.807) is 6.20 Å². The highest BCUT2D eigenvalue weighted by molar-refractivity contribution is 5.80. The standard InChI is InChI=1S/C13H12N4/c14-6-9-1-3-10(4-2-9)11-5-12-8-16-17-13(12)15-7-11/h1-5,7-8H,6,14H2,(H,15,16,17). The Morgan fingerprint density at radius 1 is 1.06 bits per heavy atom. The molecule has 0 amide bonds. The van der Waals surface area contributed by atoms with Gasteiger partial charge in [-0.05, 0) is 17.2 Å². The van der Waals surface area contributed by atoms with Crippen molar-refractivity contribution in [3.05, 3.63) is 48.3 Å². The van der Waals surface area contributed by atoms with Crippen LogP contribution in [0.4, 0.5) is 0 Å². The molecule has 0 radical (unpaired) electrons. The van der Waals surface area contributed by atoms with Crippen LogP contribution >= 0.6 is 0 Å². The lowest BCUT2D eigenvalue weighted by Crippen LogP contribution is -1.95. The van der Waals surface area contributed by atoms with E-state index in [1.165, 1.54) is 0 Å². The molecule has 0 atom stereocenters. The van der Waals surface area contributed by atoms with Gasteiger partial charge in [0.1, 0.15) is 0 Å². The number of fused-ring (bicyclic) bond motifs is 1. The van der Waals surface area contributed by atoms with Crippen molar-refractivity contribution in [1.29, 1.82) is 0 Å². The summed E-state index contributed by atoms with van der Waals surface area (Å²) in [5.74, 6) is 0. The van der Waals surface area contributed by atoms with Crippen LogP contribution in [0.1, 0.15) is 5.56 Å². The zero-order valence-electron chi connectivity index (χ0n) is 9.22. The van der Waals surface area contributed by atoms with Crippen LogP contribution in [0.3, 0.4) is 0 Å². The van der Waals surface area contributed by atoms with Crippen LogP contribution in [-0.4, -0.2) is 15.2 Å². The molecule has 1 aromatic carbocycles. The molecule has 3 N–H and O–H groups in total. The van der Waals surface area contributed by atoms with E-state index in [2.05, 4.69) is 33.4 Å². The molecule has 0 aliphatic carbocycles. The summed E-state index contributed by atoms with van der Waals surface area (Å²) in [7, 11) is 0. The Hall–Kier alpha value is -2.20. The SMILES string of the molecule is NCc1ccc(-c2cnc3[nH]ncc3c2)cc1. The third kappa shape index (κ3) is 1.79. The summed E-state index contributed by atoms with van der Waals surface area (Å²) < 4.78 is 0. The van der Waals surface area contributed by atoms with E-state index in [0.717, 1.165) is 27.7 Å². The number of benzene rings is 1. The summed E-state index contributed by atoms with van der Waals surface area (Å²) in [5.41, 5.74) is 9.74. The van der Waals surface area contributed by atoms with E-state index in [-0.39, 0.29) is 0 Å². The highest BCUT2D eigenvalue weighted by Crippen LogP contribution is 2.21. The molecule has 0 bridgehead atoms. The van der Waals surface area contributed by atoms with Gasteiger partial charge in [0, 0.05) is 23.7 Å². The summed E-state index contributed by atoms with van der Waals surface area (Å²) >= 11 is 0. The fourth-order valence-electron chi connectivity index (χ4n) is 1.83. The third-order valence-corrected chi connectivity index (χ3v) is 2.81. The number of rotatable bonds is 2. The van der Waals surface area contributed by atoms with Crippen molar-refractivity contribution in [2.24, 2.45) is 5.73 Å². The van der Waals surface area contributed by atoms with Crippen molar-refractivity contribution in [1.82, 2.24) is 15.2 Å². The Labute approximate surface area is 98.5 Å². The Morgan fingerprint density at radius 3 is 2.65 bits per heavy atom. The zero-order chi connectivity index (χ0) is 11.7. The second-order valence-corrected chi connectivity index (χ2v) is 3.93. The summed E-state index contributed by atoms with van der Waals surface area (Å²) in [5, 5.41) is 7.82. The van der Waals surface area contributed by atoms with Gasteiger partial charge in [-0.15, -0.1) is 0 Å². The van der Waals surface area contributed by atoms with Crippen LogP contribution in [0.5, 0.6) is 0 Å². The lowest BCUT2D eigenvalue weighted by Gasteiger charge is -2.02. The molecule has 0 unspecified atom stereocenters. The number of hydrogen-bond donors (Lipinski definition) is 2. The predicted molar refractivity (Wildman–Crippen MR) is 67.2 cm³/mol. The van der Waals surface area contributed by atoms with Gasteiger partial charge >= 0.3 is 0 Å². The number of nitrogens with zero attached hydrogens (tertiary/aromatic N) is 2. The van der Waals surface area contributed by atoms with Crippen LogP contribution in [0.15, 0.2) is 42.7 Å². The maximum Gasteiger partial charge on any atom is 0.155 e. The molecule has 4 heteroatoms. The smallest absolute Gasteiger partial charge is 0.155 e. The maximum absolute atomic E-state index is 5.57. The second-order valence-electron chi connectivity index (χ2n) is 3.93. The van der Waals surface area contributed by atoms with Gasteiger partial charge in [0.25, 0.3) is 0 Å². The lowest BCUT2D eigenvalue weighted by atomic mass is 10.1. The average Bonchev–Trinajstić information content (AvgIpc) is 2.86. The first-order valence-electron chi connectivity index (χ1n) is 5.45. The molecule has 3 rings (SSSR count). The maximum atomic E-state index is 5.57. The van der Waals surface area contributed by atoms with Gasteiger partial charge in [0.05, 0.1) is 6.20 Å². The van der Waals surface area contributed by atoms with Crippen molar-refractivity contribution < 1.29 is 0 Å². The molecule has 2 heterocycles. The van der Waals surface area contributed by atoms with Gasteiger partial charge < -0.3 is 5.73 Å². The quantitative estimate of drug-likeness (QED) is 0.700. The highest BCUT2D eigenvalue weighted by Gasteiger charge is 2.01. The molecule has 0 fully saturated rings. The van der Waals surface area contributed by atoms with E-state index < -0.39 is 0 Å². The van der Waals surface area contributed by atoms with E-state index in [4.69, 9.17) is 5.73 Å². The average molecular weight is 224 g/mol. The van der Waals surface area contributed by atoms with Crippen molar-refractivity contribution in [3.63, 3.8) is 0 Å². The summed E-state index contributed by atoms with van der Waals surface area (Å²) in [6.07, 6.45) is 3.62. The minimum Gasteiger partial charge on any atom is -0.326 e. The van der Waals surface area contributed by atoms with Gasteiger partial charge in [-0.2, -0.15) is 5.10 Å². The number of nitrogens with one attached hydrogen (secondary N) is 1. The molecule has 0 aliphatic heterocycles. The van der Waals surface area contributed by atoms with Crippen LogP contribution in [0.2, 0.25) is 0 Å². The van der Waals surface area contributed by atoms with E-state index in [9.17, 15) is 0 Å². The second kappa shape index (κ2) is 3.99. The van der Waals surface area contributed by atoms with Crippen LogP contribution in [0.25, 0.3) is 22.2 Å². The molecule has 84 valence electrons. The van der Waals surface area contributed by atoms with E-state index in [1.807, 2.05) is 18.3 Å². The number of nitrogens with two attached hydrogens (primary N) is 1. The van der Waals surface area contributed by atoms with Gasteiger partial charge in [-0.3, -0.25) is 5.10 Å². The topological polar surface area (TPSA) is 67.6 Å². The van der Waals surface area contributed by atoms with Crippen molar-refractivity contribution in [3.8, 4) is 11.1 Å². The number of pyridine rings is 1. The fraction of sp³-hybridized carbons (Fsp3) is 0.0769. The molecule has 0 saturated heterocycles. The minimum absolute atomic E-state index is 0.569. The molecule has 2 aromatic heterocycles. The fourth-order valence-corrected chi connectivity index (χ4v) is 1.83. The molecule has 17 heavy (non-hydrogen) atoms. The number of H-pyrrole nitrogens is 1. The Bertz CT molecular complexity index is 640. The monoisotopic (exact) mass is 224 g/mol. The summed E-state index contributed by atoms with van der Waals surface area (Å²) in [4.78, 5) is 4.32. The van der Waals surface area contributed by atoms with Gasteiger partial charge in [-0.1, -0.05) is 24.3 Å². The number of aromatic nitrogens is 3. The molecular weight excluding hydrogens is 212 g/mol. The number of hydrogen-bond acceptors (Lipinski definition) is 3. The predicted octanol–water partition coefficient (Wildman–Crippen LogP) is 2.08. The van der Waals surface area contributed by atoms with Crippen molar-refractivity contribution in [2.75, 3.05) is 0 Å². The van der Waals surface area contributed by atoms with E-state index >= 15 is 0 Å². The Kier molecular flexibility index (Phi) is 2.34. The molecule has 0 saturated carbocycles. The first-order valence-corrected chi connectivity index (χ1v) is 5.45. The number of aromatic amines is 1. The van der Waals surface area contributed by atoms with Gasteiger partial charge in [-0.25, -0.2) is 4.98 Å². The molecule has 3 aromatic rings. The third-order valence-electron chi connectivity index (χ3n) is 2.81. The van der Waals surface area contributed by atoms with Crippen LogP contribution in [-0.2, 0) is 6.54 Å². The molecular formula is C13H12N4. The van der Waals surface area contributed by atoms with Crippen LogP contribution in [0, 0.1) is 0 Å². The van der Waals surface area contributed by atoms with E-state index in [0.29, 0.717) is 6.54 Å². The van der Waals surface area contributed by atoms with Crippen molar-refractivity contribution in [2.45, 2.75) is 6.54 Å². The van der Waals surface area contributed by atoms with Gasteiger partial charge in [0.15, 0.2) is 5.65 Å². The highest BCUT2D eigenvalue weighted by atomic mass is 15.1. The van der Waals surface area contributed by atoms with Gasteiger partial charge in [0.2, 0.25) is 0 Å². The first-order chi connectivity index (χ1) is 8.36.